The molecule has 0 fully saturated rings. The number of sulfonamides is 1. The topological polar surface area (TPSA) is 83.1 Å². The van der Waals surface area contributed by atoms with E-state index in [2.05, 4.69) is 9.97 Å². The highest BCUT2D eigenvalue weighted by atomic mass is 32.2. The molecule has 1 N–H and O–H groups in total. The fourth-order valence-corrected chi connectivity index (χ4v) is 5.34. The van der Waals surface area contributed by atoms with Gasteiger partial charge < -0.3 is 4.98 Å². The second-order valence-electron chi connectivity index (χ2n) is 5.79. The van der Waals surface area contributed by atoms with E-state index < -0.39 is 15.9 Å². The second-order valence-corrected chi connectivity index (χ2v) is 8.70. The number of aromatic amines is 1. The number of carbonyl (C=O) groups is 1. The van der Waals surface area contributed by atoms with Crippen LogP contribution in [0.15, 0.2) is 52.5 Å². The van der Waals surface area contributed by atoms with Gasteiger partial charge in [-0.2, -0.15) is 0 Å². The summed E-state index contributed by atoms with van der Waals surface area (Å²) in [6, 6.07) is 12.2. The zero-order valence-corrected chi connectivity index (χ0v) is 15.0. The molecule has 0 aliphatic carbocycles. The van der Waals surface area contributed by atoms with Crippen molar-refractivity contribution in [2.24, 2.45) is 0 Å². The zero-order chi connectivity index (χ0) is 17.6. The van der Waals surface area contributed by atoms with Gasteiger partial charge in [0, 0.05) is 12.3 Å². The van der Waals surface area contributed by atoms with Crippen molar-refractivity contribution in [3.8, 4) is 0 Å². The second kappa shape index (κ2) is 5.89. The van der Waals surface area contributed by atoms with Crippen molar-refractivity contribution in [3.63, 3.8) is 0 Å². The Hall–Kier alpha value is -2.32. The Kier molecular flexibility index (Phi) is 3.81. The van der Waals surface area contributed by atoms with E-state index >= 15 is 0 Å². The summed E-state index contributed by atoms with van der Waals surface area (Å²) in [6.07, 6.45) is 0. The summed E-state index contributed by atoms with van der Waals surface area (Å²) in [5.41, 5.74) is 3.19. The molecule has 1 aliphatic heterocycles. The number of amides is 1. The van der Waals surface area contributed by atoms with Crippen molar-refractivity contribution in [3.05, 3.63) is 53.6 Å². The largest absolute Gasteiger partial charge is 0.333 e. The van der Waals surface area contributed by atoms with E-state index in [1.54, 1.807) is 18.2 Å². The minimum atomic E-state index is -3.74. The van der Waals surface area contributed by atoms with Crippen LogP contribution in [0.4, 0.5) is 0 Å². The van der Waals surface area contributed by atoms with Gasteiger partial charge in [0.05, 0.1) is 16.6 Å². The minimum Gasteiger partial charge on any atom is -0.333 e. The van der Waals surface area contributed by atoms with Crippen molar-refractivity contribution in [1.82, 2.24) is 14.3 Å². The van der Waals surface area contributed by atoms with Gasteiger partial charge in [-0.1, -0.05) is 30.0 Å². The lowest BCUT2D eigenvalue weighted by atomic mass is 10.2. The van der Waals surface area contributed by atoms with Gasteiger partial charge in [0.25, 0.3) is 15.9 Å². The Morgan fingerprint density at radius 3 is 2.80 bits per heavy atom. The smallest absolute Gasteiger partial charge is 0.269 e. The van der Waals surface area contributed by atoms with Gasteiger partial charge in [-0.05, 0) is 36.8 Å². The summed E-state index contributed by atoms with van der Waals surface area (Å²) in [4.78, 5) is 20.1. The van der Waals surface area contributed by atoms with Crippen molar-refractivity contribution >= 4 is 38.7 Å². The average Bonchev–Trinajstić information content (AvgIpc) is 3.07. The number of imidazole rings is 1. The van der Waals surface area contributed by atoms with Crippen LogP contribution in [0.1, 0.15) is 15.9 Å². The molecule has 2 aromatic carbocycles. The monoisotopic (exact) mass is 373 g/mol. The van der Waals surface area contributed by atoms with Crippen molar-refractivity contribution in [2.75, 3.05) is 12.3 Å². The molecular formula is C17H15N3O3S2. The fraction of sp³-hybridized carbons (Fsp3) is 0.176. The van der Waals surface area contributed by atoms with Crippen LogP contribution in [0.2, 0.25) is 0 Å². The average molecular weight is 373 g/mol. The molecular weight excluding hydrogens is 358 g/mol. The van der Waals surface area contributed by atoms with Gasteiger partial charge in [0.1, 0.15) is 4.90 Å². The minimum absolute atomic E-state index is 0.0872. The summed E-state index contributed by atoms with van der Waals surface area (Å²) < 4.78 is 25.9. The van der Waals surface area contributed by atoms with Crippen LogP contribution in [0, 0.1) is 6.92 Å². The standard InChI is InChI=1S/C17H15N3O3S2/c1-11-6-7-13-14(10-11)19-17(18-13)24-9-8-20-16(21)12-4-2-3-5-15(12)25(20,22)23/h2-7,10H,8-9H2,1H3,(H,18,19). The molecule has 0 saturated carbocycles. The number of thioether (sulfide) groups is 1. The highest BCUT2D eigenvalue weighted by molar-refractivity contribution is 7.99. The number of fused-ring (bicyclic) bond motifs is 2. The molecule has 3 aromatic rings. The molecule has 0 radical (unpaired) electrons. The maximum atomic E-state index is 12.5. The lowest BCUT2D eigenvalue weighted by Crippen LogP contribution is -2.32. The molecule has 6 nitrogen and oxygen atoms in total. The van der Waals surface area contributed by atoms with Crippen LogP contribution < -0.4 is 0 Å². The predicted molar refractivity (Wildman–Crippen MR) is 96.2 cm³/mol. The Balaban J connectivity index is 1.49. The molecule has 0 atom stereocenters. The van der Waals surface area contributed by atoms with Gasteiger partial charge in [-0.3, -0.25) is 4.79 Å². The van der Waals surface area contributed by atoms with Gasteiger partial charge in [-0.15, -0.1) is 0 Å². The van der Waals surface area contributed by atoms with Gasteiger partial charge >= 0.3 is 0 Å². The third-order valence-corrected chi connectivity index (χ3v) is 6.75. The number of benzene rings is 2. The van der Waals surface area contributed by atoms with E-state index in [1.807, 2.05) is 25.1 Å². The third kappa shape index (κ3) is 2.71. The quantitative estimate of drug-likeness (QED) is 0.711. The van der Waals surface area contributed by atoms with Crippen LogP contribution in [0.25, 0.3) is 11.0 Å². The number of aryl methyl sites for hydroxylation is 1. The molecule has 0 unspecified atom stereocenters. The zero-order valence-electron chi connectivity index (χ0n) is 13.4. The van der Waals surface area contributed by atoms with Gasteiger partial charge in [-0.25, -0.2) is 17.7 Å². The lowest BCUT2D eigenvalue weighted by Gasteiger charge is -2.14. The molecule has 1 aromatic heterocycles. The number of carbonyl (C=O) groups excluding carboxylic acids is 1. The number of nitrogens with one attached hydrogen (secondary N) is 1. The Morgan fingerprint density at radius 1 is 1.20 bits per heavy atom. The molecule has 4 rings (SSSR count). The fourth-order valence-electron chi connectivity index (χ4n) is 2.85. The number of hydrogen-bond acceptors (Lipinski definition) is 5. The van der Waals surface area contributed by atoms with Crippen LogP contribution in [0.3, 0.4) is 0 Å². The molecule has 25 heavy (non-hydrogen) atoms. The normalized spacial score (nSPS) is 15.7. The molecule has 1 amide bonds. The summed E-state index contributed by atoms with van der Waals surface area (Å²) in [6.45, 7) is 2.12. The van der Waals surface area contributed by atoms with Crippen LogP contribution in [-0.4, -0.2) is 40.9 Å². The summed E-state index contributed by atoms with van der Waals surface area (Å²) in [5, 5.41) is 0.710. The maximum Gasteiger partial charge on any atom is 0.269 e. The van der Waals surface area contributed by atoms with Gasteiger partial charge in [0.15, 0.2) is 5.16 Å². The van der Waals surface area contributed by atoms with Crippen molar-refractivity contribution in [1.29, 1.82) is 0 Å². The first-order chi connectivity index (χ1) is 12.0. The van der Waals surface area contributed by atoms with Crippen molar-refractivity contribution in [2.45, 2.75) is 17.0 Å². The lowest BCUT2D eigenvalue weighted by molar-refractivity contribution is 0.0876. The highest BCUT2D eigenvalue weighted by Crippen LogP contribution is 2.30. The van der Waals surface area contributed by atoms with Crippen LogP contribution in [-0.2, 0) is 10.0 Å². The molecule has 128 valence electrons. The van der Waals surface area contributed by atoms with E-state index in [1.165, 1.54) is 17.8 Å². The maximum absolute atomic E-state index is 12.5. The molecule has 0 bridgehead atoms. The SMILES string of the molecule is Cc1ccc2nc(SCCN3C(=O)c4ccccc4S3(=O)=O)[nH]c2c1. The molecule has 8 heteroatoms. The Labute approximate surface area is 149 Å². The van der Waals surface area contributed by atoms with E-state index in [0.717, 1.165) is 20.9 Å². The van der Waals surface area contributed by atoms with E-state index in [0.29, 0.717) is 10.9 Å². The van der Waals surface area contributed by atoms with Crippen LogP contribution in [0.5, 0.6) is 0 Å². The summed E-state index contributed by atoms with van der Waals surface area (Å²) in [5.74, 6) is -0.0333. The van der Waals surface area contributed by atoms with Gasteiger partial charge in [0.2, 0.25) is 0 Å². The Bertz CT molecular complexity index is 1090. The first kappa shape index (κ1) is 16.2. The number of nitrogens with zero attached hydrogens (tertiary/aromatic N) is 2. The predicted octanol–water partition coefficient (Wildman–Crippen LogP) is 2.81. The number of H-pyrrole nitrogens is 1. The van der Waals surface area contributed by atoms with Crippen molar-refractivity contribution < 1.29 is 13.2 Å². The molecule has 1 aliphatic rings. The highest BCUT2D eigenvalue weighted by Gasteiger charge is 2.40. The van der Waals surface area contributed by atoms with E-state index in [4.69, 9.17) is 0 Å². The number of hydrogen-bond donors (Lipinski definition) is 1. The number of aromatic nitrogens is 2. The molecule has 0 spiro atoms. The summed E-state index contributed by atoms with van der Waals surface area (Å²) >= 11 is 1.40. The molecule has 2 heterocycles. The summed E-state index contributed by atoms with van der Waals surface area (Å²) in [7, 11) is -3.74. The molecule has 0 saturated heterocycles. The first-order valence-corrected chi connectivity index (χ1v) is 10.1. The Morgan fingerprint density at radius 2 is 2.00 bits per heavy atom. The number of rotatable bonds is 4. The first-order valence-electron chi connectivity index (χ1n) is 7.72. The van der Waals surface area contributed by atoms with E-state index in [-0.39, 0.29) is 17.0 Å². The third-order valence-electron chi connectivity index (χ3n) is 4.06. The van der Waals surface area contributed by atoms with Crippen LogP contribution >= 0.6 is 11.8 Å². The van der Waals surface area contributed by atoms with E-state index in [9.17, 15) is 13.2 Å².